The van der Waals surface area contributed by atoms with E-state index in [1.165, 1.54) is 10.9 Å². The maximum Gasteiger partial charge on any atom is 0.257 e. The largest absolute Gasteiger partial charge is 0.361 e. The van der Waals surface area contributed by atoms with Gasteiger partial charge in [-0.25, -0.2) is 0 Å². The van der Waals surface area contributed by atoms with Crippen molar-refractivity contribution in [2.75, 3.05) is 11.9 Å². The highest BCUT2D eigenvalue weighted by atomic mass is 35.5. The first-order valence-electron chi connectivity index (χ1n) is 10.5. The molecule has 162 valence electrons. The lowest BCUT2D eigenvalue weighted by molar-refractivity contribution is 0.0977. The molecule has 0 aliphatic carbocycles. The molecule has 3 N–H and O–H groups in total. The number of hydrogen-bond acceptors (Lipinski definition) is 2. The van der Waals surface area contributed by atoms with Crippen LogP contribution < -0.4 is 10.6 Å². The van der Waals surface area contributed by atoms with Gasteiger partial charge in [-0.3, -0.25) is 15.1 Å². The predicted molar refractivity (Wildman–Crippen MR) is 133 cm³/mol. The van der Waals surface area contributed by atoms with Crippen molar-refractivity contribution in [3.63, 3.8) is 0 Å². The Kier molecular flexibility index (Phi) is 6.57. The molecular formula is C26H25ClN4O. The standard InChI is InChI=1S/C26H25ClN4O/c1-17-7-10-19(11-8-17)25(32)31-26(30-24-15-21(27)12-9-18(24)2)28-14-13-20-16-29-23-6-4-3-5-22(20)23/h3-12,15-16,29H,13-14H2,1-2H3,(H2,28,30,31,32). The Morgan fingerprint density at radius 3 is 2.62 bits per heavy atom. The van der Waals surface area contributed by atoms with Crippen LogP contribution in [0.2, 0.25) is 5.02 Å². The molecule has 4 aromatic rings. The molecule has 0 aliphatic heterocycles. The average Bonchev–Trinajstić information content (AvgIpc) is 3.20. The first-order valence-corrected chi connectivity index (χ1v) is 10.9. The number of benzene rings is 3. The van der Waals surface area contributed by atoms with Crippen molar-refractivity contribution < 1.29 is 4.79 Å². The Bertz CT molecular complexity index is 1270. The molecule has 1 heterocycles. The van der Waals surface area contributed by atoms with E-state index in [0.29, 0.717) is 23.1 Å². The number of carbonyl (C=O) groups is 1. The summed E-state index contributed by atoms with van der Waals surface area (Å²) < 4.78 is 0. The van der Waals surface area contributed by atoms with E-state index in [2.05, 4.69) is 32.7 Å². The number of rotatable bonds is 5. The van der Waals surface area contributed by atoms with Gasteiger partial charge in [0.15, 0.2) is 0 Å². The number of anilines is 1. The summed E-state index contributed by atoms with van der Waals surface area (Å²) >= 11 is 6.17. The summed E-state index contributed by atoms with van der Waals surface area (Å²) in [6.45, 7) is 4.48. The van der Waals surface area contributed by atoms with Crippen LogP contribution in [0.5, 0.6) is 0 Å². The van der Waals surface area contributed by atoms with Crippen molar-refractivity contribution in [3.8, 4) is 0 Å². The normalized spacial score (nSPS) is 11.5. The van der Waals surface area contributed by atoms with E-state index >= 15 is 0 Å². The molecule has 0 saturated heterocycles. The first kappa shape index (κ1) is 21.7. The molecule has 0 atom stereocenters. The second-order valence-corrected chi connectivity index (χ2v) is 8.18. The van der Waals surface area contributed by atoms with E-state index in [-0.39, 0.29) is 5.91 Å². The third-order valence-electron chi connectivity index (χ3n) is 5.32. The van der Waals surface area contributed by atoms with Crippen LogP contribution in [0.15, 0.2) is 77.9 Å². The van der Waals surface area contributed by atoms with Crippen molar-refractivity contribution in [2.45, 2.75) is 20.3 Å². The van der Waals surface area contributed by atoms with Crippen molar-refractivity contribution >= 4 is 40.1 Å². The van der Waals surface area contributed by atoms with Crippen molar-refractivity contribution in [1.29, 1.82) is 0 Å². The number of nitrogens with zero attached hydrogens (tertiary/aromatic N) is 1. The van der Waals surface area contributed by atoms with Crippen LogP contribution >= 0.6 is 11.6 Å². The molecule has 0 bridgehead atoms. The SMILES string of the molecule is Cc1ccc(C(=O)NC(=NCCc2c[nH]c3ccccc23)Nc2cc(Cl)ccc2C)cc1. The topological polar surface area (TPSA) is 69.3 Å². The summed E-state index contributed by atoms with van der Waals surface area (Å²) in [5.41, 5.74) is 5.77. The van der Waals surface area contributed by atoms with Gasteiger partial charge < -0.3 is 10.3 Å². The summed E-state index contributed by atoms with van der Waals surface area (Å²) in [5, 5.41) is 7.96. The minimum Gasteiger partial charge on any atom is -0.361 e. The minimum atomic E-state index is -0.219. The number of carbonyl (C=O) groups excluding carboxylic acids is 1. The summed E-state index contributed by atoms with van der Waals surface area (Å²) in [6.07, 6.45) is 2.75. The van der Waals surface area contributed by atoms with Gasteiger partial charge in [0.2, 0.25) is 5.96 Å². The highest BCUT2D eigenvalue weighted by Gasteiger charge is 2.11. The molecule has 0 spiro atoms. The molecule has 0 aliphatic rings. The Balaban J connectivity index is 1.54. The van der Waals surface area contributed by atoms with Gasteiger partial charge in [-0.2, -0.15) is 0 Å². The maximum atomic E-state index is 12.8. The van der Waals surface area contributed by atoms with Crippen LogP contribution in [0.1, 0.15) is 27.0 Å². The van der Waals surface area contributed by atoms with Crippen molar-refractivity contribution in [3.05, 3.63) is 100 Å². The summed E-state index contributed by atoms with van der Waals surface area (Å²) in [5.74, 6) is 0.170. The summed E-state index contributed by atoms with van der Waals surface area (Å²) in [6, 6.07) is 21.2. The van der Waals surface area contributed by atoms with Gasteiger partial charge in [-0.1, -0.05) is 53.6 Å². The number of aromatic amines is 1. The number of H-pyrrole nitrogens is 1. The second kappa shape index (κ2) is 9.71. The van der Waals surface area contributed by atoms with Crippen LogP contribution in [0.4, 0.5) is 5.69 Å². The van der Waals surface area contributed by atoms with Crippen molar-refractivity contribution in [2.24, 2.45) is 4.99 Å². The number of fused-ring (bicyclic) bond motifs is 1. The molecule has 6 heteroatoms. The molecule has 0 fully saturated rings. The van der Waals surface area contributed by atoms with E-state index in [1.54, 1.807) is 12.1 Å². The predicted octanol–water partition coefficient (Wildman–Crippen LogP) is 5.88. The number of halogens is 1. The lowest BCUT2D eigenvalue weighted by Crippen LogP contribution is -2.36. The molecule has 0 radical (unpaired) electrons. The number of aromatic nitrogens is 1. The molecule has 1 amide bonds. The van der Waals surface area contributed by atoms with Crippen LogP contribution in [0.3, 0.4) is 0 Å². The number of para-hydroxylation sites is 1. The van der Waals surface area contributed by atoms with Gasteiger partial charge in [-0.05, 0) is 61.7 Å². The van der Waals surface area contributed by atoms with E-state index in [9.17, 15) is 4.79 Å². The Morgan fingerprint density at radius 1 is 1.03 bits per heavy atom. The lowest BCUT2D eigenvalue weighted by Gasteiger charge is -2.14. The van der Waals surface area contributed by atoms with Crippen molar-refractivity contribution in [1.82, 2.24) is 10.3 Å². The smallest absolute Gasteiger partial charge is 0.257 e. The van der Waals surface area contributed by atoms with Crippen LogP contribution in [0, 0.1) is 13.8 Å². The third kappa shape index (κ3) is 5.18. The van der Waals surface area contributed by atoms with E-state index < -0.39 is 0 Å². The molecule has 0 unspecified atom stereocenters. The quantitative estimate of drug-likeness (QED) is 0.266. The van der Waals surface area contributed by atoms with Gasteiger partial charge in [0.05, 0.1) is 0 Å². The molecule has 5 nitrogen and oxygen atoms in total. The summed E-state index contributed by atoms with van der Waals surface area (Å²) in [7, 11) is 0. The third-order valence-corrected chi connectivity index (χ3v) is 5.56. The van der Waals surface area contributed by atoms with Gasteiger partial charge in [0.1, 0.15) is 0 Å². The molecule has 0 saturated carbocycles. The highest BCUT2D eigenvalue weighted by molar-refractivity contribution is 6.31. The average molecular weight is 445 g/mol. The molecular weight excluding hydrogens is 420 g/mol. The molecule has 1 aromatic heterocycles. The van der Waals surface area contributed by atoms with Crippen LogP contribution in [0.25, 0.3) is 10.9 Å². The molecule has 4 rings (SSSR count). The zero-order chi connectivity index (χ0) is 22.5. The fourth-order valence-electron chi connectivity index (χ4n) is 3.48. The fraction of sp³-hybridized carbons (Fsp3) is 0.154. The number of aryl methyl sites for hydroxylation is 2. The van der Waals surface area contributed by atoms with Gasteiger partial charge in [0, 0.05) is 39.9 Å². The molecule has 32 heavy (non-hydrogen) atoms. The lowest BCUT2D eigenvalue weighted by atomic mass is 10.1. The molecule has 3 aromatic carbocycles. The highest BCUT2D eigenvalue weighted by Crippen LogP contribution is 2.21. The first-order chi connectivity index (χ1) is 15.5. The zero-order valence-electron chi connectivity index (χ0n) is 18.1. The Morgan fingerprint density at radius 2 is 1.81 bits per heavy atom. The monoisotopic (exact) mass is 444 g/mol. The summed E-state index contributed by atoms with van der Waals surface area (Å²) in [4.78, 5) is 20.8. The fourth-order valence-corrected chi connectivity index (χ4v) is 3.65. The van der Waals surface area contributed by atoms with Crippen LogP contribution in [-0.2, 0) is 6.42 Å². The van der Waals surface area contributed by atoms with Gasteiger partial charge in [0.25, 0.3) is 5.91 Å². The number of nitrogens with one attached hydrogen (secondary N) is 3. The number of aliphatic imine (C=N–C) groups is 1. The Hall–Kier alpha value is -3.57. The van der Waals surface area contributed by atoms with Gasteiger partial charge in [-0.15, -0.1) is 0 Å². The second-order valence-electron chi connectivity index (χ2n) is 7.74. The maximum absolute atomic E-state index is 12.8. The zero-order valence-corrected chi connectivity index (χ0v) is 18.8. The van der Waals surface area contributed by atoms with E-state index in [1.807, 2.05) is 62.5 Å². The Labute approximate surface area is 192 Å². The van der Waals surface area contributed by atoms with Crippen LogP contribution in [-0.4, -0.2) is 23.4 Å². The minimum absolute atomic E-state index is 0.219. The number of guanidine groups is 1. The van der Waals surface area contributed by atoms with E-state index in [0.717, 1.165) is 28.8 Å². The van der Waals surface area contributed by atoms with Gasteiger partial charge >= 0.3 is 0 Å². The number of hydrogen-bond donors (Lipinski definition) is 3. The number of amides is 1. The van der Waals surface area contributed by atoms with E-state index in [4.69, 9.17) is 11.6 Å².